The van der Waals surface area contributed by atoms with Crippen molar-refractivity contribution in [2.24, 2.45) is 0 Å². The number of rotatable bonds is 2. The largest absolute Gasteiger partial charge is 0.382 e. The van der Waals surface area contributed by atoms with Crippen molar-refractivity contribution < 1.29 is 27.2 Å². The summed E-state index contributed by atoms with van der Waals surface area (Å²) in [5.41, 5.74) is 2.12. The SMILES string of the molecule is Cc1cnoc1-c1ccc([C@H]2CC[C@H](F)c3cc(F)cc(C#N)c32)c2c1[C@H](O)C(F)(F)C2. The Morgan fingerprint density at radius 1 is 1.19 bits per heavy atom. The summed E-state index contributed by atoms with van der Waals surface area (Å²) >= 11 is 0. The van der Waals surface area contributed by atoms with Crippen LogP contribution in [-0.4, -0.2) is 16.2 Å². The average molecular weight is 442 g/mol. The summed E-state index contributed by atoms with van der Waals surface area (Å²) in [6.07, 6.45) is -2.39. The standard InChI is InChI=1S/C24H18F4N2O2/c1-11-10-30-32-22(11)16-3-2-14(18-8-24(27,28)23(31)21(16)18)15-4-5-19(26)17-7-13(25)6-12(9-29)20(15)17/h2-3,6-7,10,15,19,23,31H,4-5,8H2,1H3/t15-,19+,23+/m1/s1. The van der Waals surface area contributed by atoms with Crippen molar-refractivity contribution in [1.29, 1.82) is 5.26 Å². The molecule has 0 saturated carbocycles. The van der Waals surface area contributed by atoms with Gasteiger partial charge in [0.05, 0.1) is 17.8 Å². The fraction of sp³-hybridized carbons (Fsp3) is 0.333. The van der Waals surface area contributed by atoms with Crippen molar-refractivity contribution in [1.82, 2.24) is 5.16 Å². The monoisotopic (exact) mass is 442 g/mol. The van der Waals surface area contributed by atoms with Gasteiger partial charge in [-0.05, 0) is 54.2 Å². The number of aliphatic hydroxyl groups excluding tert-OH is 1. The van der Waals surface area contributed by atoms with Crippen LogP contribution in [0.15, 0.2) is 35.0 Å². The fourth-order valence-corrected chi connectivity index (χ4v) is 5.11. The Balaban J connectivity index is 1.75. The van der Waals surface area contributed by atoms with Crippen LogP contribution < -0.4 is 0 Å². The zero-order valence-electron chi connectivity index (χ0n) is 17.0. The molecular formula is C24H18F4N2O2. The Hall–Kier alpha value is -3.18. The first-order valence-corrected chi connectivity index (χ1v) is 10.2. The van der Waals surface area contributed by atoms with Crippen LogP contribution in [0.5, 0.6) is 0 Å². The van der Waals surface area contributed by atoms with E-state index in [9.17, 15) is 27.9 Å². The molecule has 0 unspecified atom stereocenters. The van der Waals surface area contributed by atoms with E-state index in [0.717, 1.165) is 12.1 Å². The van der Waals surface area contributed by atoms with Crippen LogP contribution in [0.25, 0.3) is 11.3 Å². The third-order valence-electron chi connectivity index (χ3n) is 6.54. The van der Waals surface area contributed by atoms with Crippen LogP contribution in [0.3, 0.4) is 0 Å². The predicted octanol–water partition coefficient (Wildman–Crippen LogP) is 5.82. The topological polar surface area (TPSA) is 70.0 Å². The highest BCUT2D eigenvalue weighted by atomic mass is 19.3. The molecule has 0 bridgehead atoms. The molecule has 164 valence electrons. The van der Waals surface area contributed by atoms with Crippen LogP contribution in [-0.2, 0) is 6.42 Å². The van der Waals surface area contributed by atoms with Gasteiger partial charge in [-0.2, -0.15) is 5.26 Å². The molecule has 0 spiro atoms. The molecule has 2 aromatic carbocycles. The van der Waals surface area contributed by atoms with Crippen molar-refractivity contribution in [3.05, 3.63) is 75.2 Å². The van der Waals surface area contributed by atoms with E-state index in [2.05, 4.69) is 5.16 Å². The minimum absolute atomic E-state index is 0.0124. The van der Waals surface area contributed by atoms with Crippen LogP contribution in [0.2, 0.25) is 0 Å². The Labute approximate surface area is 181 Å². The van der Waals surface area contributed by atoms with Crippen LogP contribution >= 0.6 is 0 Å². The zero-order chi connectivity index (χ0) is 22.8. The van der Waals surface area contributed by atoms with Crippen molar-refractivity contribution in [2.45, 2.75) is 50.3 Å². The summed E-state index contributed by atoms with van der Waals surface area (Å²) in [6, 6.07) is 7.28. The van der Waals surface area contributed by atoms with E-state index < -0.39 is 36.4 Å². The summed E-state index contributed by atoms with van der Waals surface area (Å²) in [5, 5.41) is 23.8. The van der Waals surface area contributed by atoms with Gasteiger partial charge >= 0.3 is 0 Å². The molecule has 0 saturated heterocycles. The molecule has 0 aliphatic heterocycles. The van der Waals surface area contributed by atoms with Crippen molar-refractivity contribution >= 4 is 0 Å². The smallest absolute Gasteiger partial charge is 0.281 e. The second-order valence-electron chi connectivity index (χ2n) is 8.44. The minimum Gasteiger partial charge on any atom is -0.382 e. The van der Waals surface area contributed by atoms with Gasteiger partial charge in [0.2, 0.25) is 0 Å². The summed E-state index contributed by atoms with van der Waals surface area (Å²) in [7, 11) is 0. The first kappa shape index (κ1) is 20.7. The minimum atomic E-state index is -3.40. The summed E-state index contributed by atoms with van der Waals surface area (Å²) in [5.74, 6) is -4.40. The Morgan fingerprint density at radius 2 is 1.97 bits per heavy atom. The first-order chi connectivity index (χ1) is 15.2. The second kappa shape index (κ2) is 7.17. The van der Waals surface area contributed by atoms with Gasteiger partial charge in [0.25, 0.3) is 5.92 Å². The molecule has 0 fully saturated rings. The van der Waals surface area contributed by atoms with Crippen LogP contribution in [0.1, 0.15) is 70.0 Å². The number of nitrogens with zero attached hydrogens (tertiary/aromatic N) is 2. The quantitative estimate of drug-likeness (QED) is 0.508. The summed E-state index contributed by atoms with van der Waals surface area (Å²) in [6.45, 7) is 1.72. The van der Waals surface area contributed by atoms with Crippen LogP contribution in [0, 0.1) is 24.1 Å². The van der Waals surface area contributed by atoms with Gasteiger partial charge in [-0.3, -0.25) is 0 Å². The number of benzene rings is 2. The number of aryl methyl sites for hydroxylation is 1. The van der Waals surface area contributed by atoms with Crippen molar-refractivity contribution in [3.8, 4) is 17.4 Å². The highest BCUT2D eigenvalue weighted by Crippen LogP contribution is 2.53. The highest BCUT2D eigenvalue weighted by Gasteiger charge is 2.50. The average Bonchev–Trinajstić information content (AvgIpc) is 3.28. The van der Waals surface area contributed by atoms with E-state index in [-0.39, 0.29) is 40.9 Å². The fourth-order valence-electron chi connectivity index (χ4n) is 5.11. The Kier molecular flexibility index (Phi) is 4.64. The molecule has 1 aromatic heterocycles. The molecule has 0 radical (unpaired) electrons. The van der Waals surface area contributed by atoms with E-state index in [4.69, 9.17) is 4.52 Å². The third-order valence-corrected chi connectivity index (χ3v) is 6.54. The van der Waals surface area contributed by atoms with E-state index in [1.54, 1.807) is 19.1 Å². The van der Waals surface area contributed by atoms with Crippen LogP contribution in [0.4, 0.5) is 17.6 Å². The van der Waals surface area contributed by atoms with Gasteiger partial charge in [-0.25, -0.2) is 17.6 Å². The number of aromatic nitrogens is 1. The van der Waals surface area contributed by atoms with Gasteiger partial charge in [0, 0.05) is 29.0 Å². The number of hydrogen-bond acceptors (Lipinski definition) is 4. The normalized spacial score (nSPS) is 23.5. The molecule has 3 atom stereocenters. The molecule has 0 amide bonds. The van der Waals surface area contributed by atoms with Gasteiger partial charge < -0.3 is 9.63 Å². The number of fused-ring (bicyclic) bond motifs is 2. The molecule has 8 heteroatoms. The molecule has 4 nitrogen and oxygen atoms in total. The number of alkyl halides is 3. The molecule has 32 heavy (non-hydrogen) atoms. The molecule has 1 N–H and O–H groups in total. The summed E-state index contributed by atoms with van der Waals surface area (Å²) in [4.78, 5) is 0. The number of aliphatic hydroxyl groups is 1. The van der Waals surface area contributed by atoms with Gasteiger partial charge in [-0.15, -0.1) is 0 Å². The van der Waals surface area contributed by atoms with Gasteiger partial charge in [0.15, 0.2) is 5.76 Å². The molecule has 2 aliphatic rings. The number of nitriles is 1. The van der Waals surface area contributed by atoms with Crippen molar-refractivity contribution in [3.63, 3.8) is 0 Å². The van der Waals surface area contributed by atoms with Gasteiger partial charge in [0.1, 0.15) is 18.1 Å². The molecule has 1 heterocycles. The maximum atomic E-state index is 14.7. The second-order valence-corrected chi connectivity index (χ2v) is 8.44. The van der Waals surface area contributed by atoms with Gasteiger partial charge in [-0.1, -0.05) is 17.3 Å². The maximum Gasteiger partial charge on any atom is 0.281 e. The lowest BCUT2D eigenvalue weighted by atomic mass is 9.74. The van der Waals surface area contributed by atoms with E-state index in [1.165, 1.54) is 6.20 Å². The lowest BCUT2D eigenvalue weighted by molar-refractivity contribution is -0.0967. The third kappa shape index (κ3) is 2.95. The molecule has 2 aliphatic carbocycles. The van der Waals surface area contributed by atoms with E-state index in [1.807, 2.05) is 6.07 Å². The number of halogens is 4. The Bertz CT molecular complexity index is 1280. The summed E-state index contributed by atoms with van der Waals surface area (Å²) < 4.78 is 63.3. The molecule has 5 rings (SSSR count). The lowest BCUT2D eigenvalue weighted by Gasteiger charge is -2.31. The van der Waals surface area contributed by atoms with E-state index >= 15 is 0 Å². The first-order valence-electron chi connectivity index (χ1n) is 10.2. The Morgan fingerprint density at radius 3 is 2.66 bits per heavy atom. The number of hydrogen-bond donors (Lipinski definition) is 1. The molecular weight excluding hydrogens is 424 g/mol. The molecule has 3 aromatic rings. The van der Waals surface area contributed by atoms with E-state index in [0.29, 0.717) is 22.3 Å². The zero-order valence-corrected chi connectivity index (χ0v) is 17.0. The highest BCUT2D eigenvalue weighted by molar-refractivity contribution is 5.71. The maximum absolute atomic E-state index is 14.7. The lowest BCUT2D eigenvalue weighted by Crippen LogP contribution is -2.22. The predicted molar refractivity (Wildman–Crippen MR) is 106 cm³/mol. The van der Waals surface area contributed by atoms with Crippen molar-refractivity contribution in [2.75, 3.05) is 0 Å².